The summed E-state index contributed by atoms with van der Waals surface area (Å²) in [5.74, 6) is 0. The van der Waals surface area contributed by atoms with Gasteiger partial charge in [0, 0.05) is 24.1 Å². The number of aliphatic hydroxyl groups excluding tert-OH is 1. The van der Waals surface area contributed by atoms with Gasteiger partial charge >= 0.3 is 6.03 Å². The largest absolute Gasteiger partial charge is 0.396 e. The van der Waals surface area contributed by atoms with E-state index in [1.165, 1.54) is 18.2 Å². The number of nitro benzene ring substituents is 1. The van der Waals surface area contributed by atoms with Crippen LogP contribution in [0.5, 0.6) is 0 Å². The van der Waals surface area contributed by atoms with Gasteiger partial charge in [0.15, 0.2) is 0 Å². The number of anilines is 1. The summed E-state index contributed by atoms with van der Waals surface area (Å²) < 4.78 is 0. The van der Waals surface area contributed by atoms with Crippen LogP contribution in [0, 0.1) is 15.5 Å². The van der Waals surface area contributed by atoms with Crippen LogP contribution in [-0.2, 0) is 0 Å². The Bertz CT molecular complexity index is 546. The zero-order valence-corrected chi connectivity index (χ0v) is 11.3. The number of hydrogen-bond acceptors (Lipinski definition) is 4. The van der Waals surface area contributed by atoms with E-state index >= 15 is 0 Å². The molecule has 8 heteroatoms. The molecule has 0 radical (unpaired) electrons. The predicted octanol–water partition coefficient (Wildman–Crippen LogP) is 2.14. The van der Waals surface area contributed by atoms with E-state index in [4.69, 9.17) is 16.7 Å². The van der Waals surface area contributed by atoms with Crippen molar-refractivity contribution < 1.29 is 14.8 Å². The Hall–Kier alpha value is -1.86. The zero-order valence-electron chi connectivity index (χ0n) is 10.6. The highest BCUT2D eigenvalue weighted by Crippen LogP contribution is 2.44. The number of benzene rings is 1. The number of hydrogen-bond donors (Lipinski definition) is 3. The summed E-state index contributed by atoms with van der Waals surface area (Å²) in [6.45, 7) is 0.436. The molecule has 7 nitrogen and oxygen atoms in total. The van der Waals surface area contributed by atoms with Crippen molar-refractivity contribution in [3.8, 4) is 0 Å². The monoisotopic (exact) mass is 299 g/mol. The summed E-state index contributed by atoms with van der Waals surface area (Å²) >= 11 is 5.86. The van der Waals surface area contributed by atoms with Gasteiger partial charge in [0.25, 0.3) is 5.69 Å². The normalized spacial score (nSPS) is 15.5. The maximum absolute atomic E-state index is 11.7. The van der Waals surface area contributed by atoms with Gasteiger partial charge < -0.3 is 15.7 Å². The Morgan fingerprint density at radius 3 is 2.70 bits per heavy atom. The van der Waals surface area contributed by atoms with Crippen molar-refractivity contribution in [2.24, 2.45) is 5.41 Å². The molecule has 1 fully saturated rings. The minimum atomic E-state index is -0.562. The first-order chi connectivity index (χ1) is 9.46. The molecule has 0 heterocycles. The molecule has 1 aromatic carbocycles. The summed E-state index contributed by atoms with van der Waals surface area (Å²) in [6.07, 6.45) is 1.78. The van der Waals surface area contributed by atoms with Crippen molar-refractivity contribution in [2.75, 3.05) is 18.5 Å². The third-order valence-electron chi connectivity index (χ3n) is 3.33. The number of nitrogens with zero attached hydrogens (tertiary/aromatic N) is 1. The molecule has 0 atom stereocenters. The molecule has 1 aliphatic rings. The van der Waals surface area contributed by atoms with Crippen LogP contribution in [-0.4, -0.2) is 29.2 Å². The average molecular weight is 300 g/mol. The number of non-ortho nitro benzene ring substituents is 1. The Kier molecular flexibility index (Phi) is 4.10. The van der Waals surface area contributed by atoms with Crippen molar-refractivity contribution in [3.63, 3.8) is 0 Å². The lowest BCUT2D eigenvalue weighted by Gasteiger charge is -2.13. The Labute approximate surface area is 120 Å². The fraction of sp³-hybridized carbons (Fsp3) is 0.417. The highest BCUT2D eigenvalue weighted by atomic mass is 35.5. The fourth-order valence-electron chi connectivity index (χ4n) is 1.72. The number of urea groups is 1. The molecule has 0 aromatic heterocycles. The lowest BCUT2D eigenvalue weighted by atomic mass is 10.1. The second kappa shape index (κ2) is 5.64. The van der Waals surface area contributed by atoms with Gasteiger partial charge in [-0.05, 0) is 18.9 Å². The summed E-state index contributed by atoms with van der Waals surface area (Å²) in [6, 6.07) is 3.35. The molecule has 108 valence electrons. The van der Waals surface area contributed by atoms with E-state index in [2.05, 4.69) is 10.6 Å². The zero-order chi connectivity index (χ0) is 14.8. The van der Waals surface area contributed by atoms with E-state index in [9.17, 15) is 14.9 Å². The van der Waals surface area contributed by atoms with Crippen LogP contribution in [0.4, 0.5) is 16.2 Å². The van der Waals surface area contributed by atoms with Gasteiger partial charge in [-0.25, -0.2) is 4.79 Å². The molecule has 0 saturated heterocycles. The topological polar surface area (TPSA) is 104 Å². The first kappa shape index (κ1) is 14.5. The van der Waals surface area contributed by atoms with Crippen LogP contribution in [0.3, 0.4) is 0 Å². The van der Waals surface area contributed by atoms with Gasteiger partial charge in [0.1, 0.15) is 0 Å². The molecular weight excluding hydrogens is 286 g/mol. The summed E-state index contributed by atoms with van der Waals surface area (Å²) in [5.41, 5.74) is -0.0295. The van der Waals surface area contributed by atoms with Crippen LogP contribution >= 0.6 is 11.6 Å². The highest BCUT2D eigenvalue weighted by molar-refractivity contribution is 6.33. The Morgan fingerprint density at radius 2 is 2.20 bits per heavy atom. The molecule has 0 bridgehead atoms. The molecule has 1 aliphatic carbocycles. The third-order valence-corrected chi connectivity index (χ3v) is 3.64. The SMILES string of the molecule is O=C(NCC1(CO)CC1)Nc1ccc([N+](=O)[O-])cc1Cl. The molecular formula is C12H14ClN3O4. The summed E-state index contributed by atoms with van der Waals surface area (Å²) in [7, 11) is 0. The summed E-state index contributed by atoms with van der Waals surface area (Å²) in [5, 5.41) is 24.9. The average Bonchev–Trinajstić information content (AvgIpc) is 3.19. The first-order valence-corrected chi connectivity index (χ1v) is 6.43. The van der Waals surface area contributed by atoms with Crippen molar-refractivity contribution in [1.82, 2.24) is 5.32 Å². The number of nitro groups is 1. The second-order valence-electron chi connectivity index (χ2n) is 4.89. The number of carbonyl (C=O) groups excluding carboxylic acids is 1. The van der Waals surface area contributed by atoms with Crippen LogP contribution < -0.4 is 10.6 Å². The molecule has 3 N–H and O–H groups in total. The van der Waals surface area contributed by atoms with E-state index in [1.807, 2.05) is 0 Å². The molecule has 2 amide bonds. The van der Waals surface area contributed by atoms with Gasteiger partial charge in [-0.1, -0.05) is 11.6 Å². The smallest absolute Gasteiger partial charge is 0.319 e. The van der Waals surface area contributed by atoms with Crippen molar-refractivity contribution in [2.45, 2.75) is 12.8 Å². The highest BCUT2D eigenvalue weighted by Gasteiger charge is 2.42. The molecule has 0 unspecified atom stereocenters. The molecule has 1 saturated carbocycles. The van der Waals surface area contributed by atoms with Crippen molar-refractivity contribution in [3.05, 3.63) is 33.3 Å². The first-order valence-electron chi connectivity index (χ1n) is 6.05. The van der Waals surface area contributed by atoms with E-state index in [0.717, 1.165) is 12.8 Å². The maximum atomic E-state index is 11.7. The van der Waals surface area contributed by atoms with Crippen LogP contribution in [0.2, 0.25) is 5.02 Å². The maximum Gasteiger partial charge on any atom is 0.319 e. The van der Waals surface area contributed by atoms with Crippen LogP contribution in [0.25, 0.3) is 0 Å². The van der Waals surface area contributed by atoms with E-state index < -0.39 is 11.0 Å². The van der Waals surface area contributed by atoms with Crippen LogP contribution in [0.1, 0.15) is 12.8 Å². The van der Waals surface area contributed by atoms with Gasteiger partial charge in [0.05, 0.1) is 22.2 Å². The van der Waals surface area contributed by atoms with E-state index in [-0.39, 0.29) is 22.7 Å². The molecule has 1 aromatic rings. The predicted molar refractivity (Wildman–Crippen MR) is 73.9 cm³/mol. The lowest BCUT2D eigenvalue weighted by Crippen LogP contribution is -2.35. The molecule has 0 aliphatic heterocycles. The lowest BCUT2D eigenvalue weighted by molar-refractivity contribution is -0.384. The molecule has 0 spiro atoms. The number of amides is 2. The van der Waals surface area contributed by atoms with E-state index in [1.54, 1.807) is 0 Å². The van der Waals surface area contributed by atoms with Crippen molar-refractivity contribution >= 4 is 29.0 Å². The number of aliphatic hydroxyl groups is 1. The molecule has 2 rings (SSSR count). The quantitative estimate of drug-likeness (QED) is 0.572. The van der Waals surface area contributed by atoms with E-state index in [0.29, 0.717) is 12.2 Å². The standard InChI is InChI=1S/C12H14ClN3O4/c13-9-5-8(16(19)20)1-2-10(9)15-11(18)14-6-12(7-17)3-4-12/h1-2,5,17H,3-4,6-7H2,(H2,14,15,18). The number of halogens is 1. The van der Waals surface area contributed by atoms with Gasteiger partial charge in [-0.15, -0.1) is 0 Å². The van der Waals surface area contributed by atoms with Crippen molar-refractivity contribution in [1.29, 1.82) is 0 Å². The Balaban J connectivity index is 1.92. The minimum Gasteiger partial charge on any atom is -0.396 e. The molecule has 20 heavy (non-hydrogen) atoms. The number of rotatable bonds is 5. The van der Waals surface area contributed by atoms with Crippen LogP contribution in [0.15, 0.2) is 18.2 Å². The Morgan fingerprint density at radius 1 is 1.50 bits per heavy atom. The number of nitrogens with one attached hydrogen (secondary N) is 2. The van der Waals surface area contributed by atoms with Gasteiger partial charge in [-0.3, -0.25) is 10.1 Å². The minimum absolute atomic E-state index is 0.0472. The fourth-order valence-corrected chi connectivity index (χ4v) is 1.94. The van der Waals surface area contributed by atoms with Gasteiger partial charge in [0.2, 0.25) is 0 Å². The van der Waals surface area contributed by atoms with Gasteiger partial charge in [-0.2, -0.15) is 0 Å². The number of carbonyl (C=O) groups is 1. The summed E-state index contributed by atoms with van der Waals surface area (Å²) in [4.78, 5) is 21.7. The third kappa shape index (κ3) is 3.37. The second-order valence-corrected chi connectivity index (χ2v) is 5.29.